The zero-order valence-corrected chi connectivity index (χ0v) is 11.0. The Labute approximate surface area is 125 Å². The maximum absolute atomic E-state index is 13.8. The van der Waals surface area contributed by atoms with Gasteiger partial charge >= 0.3 is 11.9 Å². The second kappa shape index (κ2) is 5.64. The highest BCUT2D eigenvalue weighted by atomic mass is 19.4. The van der Waals surface area contributed by atoms with Crippen LogP contribution in [0.25, 0.3) is 16.0 Å². The summed E-state index contributed by atoms with van der Waals surface area (Å²) in [5.74, 6) is -2.69. The molecule has 0 aliphatic heterocycles. The van der Waals surface area contributed by atoms with Crippen molar-refractivity contribution in [2.24, 2.45) is 0 Å². The van der Waals surface area contributed by atoms with Gasteiger partial charge in [0.15, 0.2) is 5.69 Å². The molecule has 0 bridgehead atoms. The SMILES string of the molecule is [C-]#[N+]c1ccc(-c2cc([N+](=O)[O-])c(F)cc2F)cc1C(F)(F)F. The molecule has 0 atom stereocenters. The van der Waals surface area contributed by atoms with Crippen LogP contribution in [0.2, 0.25) is 0 Å². The summed E-state index contributed by atoms with van der Waals surface area (Å²) >= 11 is 0. The lowest BCUT2D eigenvalue weighted by Gasteiger charge is -2.11. The number of rotatable bonds is 2. The monoisotopic (exact) mass is 328 g/mol. The average molecular weight is 328 g/mol. The van der Waals surface area contributed by atoms with E-state index in [4.69, 9.17) is 6.57 Å². The Balaban J connectivity index is 2.71. The lowest BCUT2D eigenvalue weighted by molar-refractivity contribution is -0.387. The second-order valence-corrected chi connectivity index (χ2v) is 4.38. The zero-order chi connectivity index (χ0) is 17.4. The fourth-order valence-electron chi connectivity index (χ4n) is 1.93. The van der Waals surface area contributed by atoms with Crippen molar-refractivity contribution in [2.75, 3.05) is 0 Å². The molecule has 2 rings (SSSR count). The van der Waals surface area contributed by atoms with Crippen LogP contribution in [0.5, 0.6) is 0 Å². The lowest BCUT2D eigenvalue weighted by Crippen LogP contribution is -2.05. The minimum Gasteiger partial charge on any atom is -0.258 e. The Bertz CT molecular complexity index is 840. The predicted molar refractivity (Wildman–Crippen MR) is 69.7 cm³/mol. The van der Waals surface area contributed by atoms with Gasteiger partial charge in [0, 0.05) is 17.7 Å². The van der Waals surface area contributed by atoms with E-state index in [-0.39, 0.29) is 11.6 Å². The molecule has 0 spiro atoms. The van der Waals surface area contributed by atoms with Gasteiger partial charge in [0.05, 0.1) is 17.1 Å². The molecule has 2 aromatic rings. The van der Waals surface area contributed by atoms with Crippen molar-refractivity contribution in [3.8, 4) is 11.1 Å². The highest BCUT2D eigenvalue weighted by Crippen LogP contribution is 2.40. The Hall–Kier alpha value is -3.02. The summed E-state index contributed by atoms with van der Waals surface area (Å²) in [4.78, 5) is 12.3. The molecule has 2 aromatic carbocycles. The van der Waals surface area contributed by atoms with E-state index in [1.54, 1.807) is 0 Å². The highest BCUT2D eigenvalue weighted by molar-refractivity contribution is 5.71. The average Bonchev–Trinajstić information content (AvgIpc) is 2.45. The molecule has 0 amide bonds. The first-order valence-electron chi connectivity index (χ1n) is 5.87. The van der Waals surface area contributed by atoms with Crippen LogP contribution in [0.15, 0.2) is 30.3 Å². The molecule has 118 valence electrons. The lowest BCUT2D eigenvalue weighted by atomic mass is 10.0. The van der Waals surface area contributed by atoms with Gasteiger partial charge in [-0.05, 0) is 5.56 Å². The molecule has 0 saturated carbocycles. The van der Waals surface area contributed by atoms with Gasteiger partial charge in [0.25, 0.3) is 0 Å². The number of hydrogen-bond donors (Lipinski definition) is 0. The molecule has 0 heterocycles. The predicted octanol–water partition coefficient (Wildman–Crippen LogP) is 5.11. The summed E-state index contributed by atoms with van der Waals surface area (Å²) in [6.45, 7) is 6.71. The van der Waals surface area contributed by atoms with Crippen LogP contribution in [-0.2, 0) is 6.18 Å². The third kappa shape index (κ3) is 3.11. The van der Waals surface area contributed by atoms with Crippen LogP contribution in [0, 0.1) is 28.3 Å². The summed E-state index contributed by atoms with van der Waals surface area (Å²) in [6.07, 6.45) is -4.86. The van der Waals surface area contributed by atoms with Crippen molar-refractivity contribution in [2.45, 2.75) is 6.18 Å². The topological polar surface area (TPSA) is 47.5 Å². The molecule has 0 aliphatic rings. The van der Waals surface area contributed by atoms with E-state index in [0.29, 0.717) is 12.1 Å². The summed E-state index contributed by atoms with van der Waals surface area (Å²) in [7, 11) is 0. The standard InChI is InChI=1S/C14H5F5N2O2/c1-20-12-3-2-7(4-9(12)14(17,18)19)8-5-13(21(22)23)11(16)6-10(8)15/h2-6H. The number of alkyl halides is 3. The van der Waals surface area contributed by atoms with E-state index < -0.39 is 45.2 Å². The van der Waals surface area contributed by atoms with Crippen molar-refractivity contribution >= 4 is 11.4 Å². The smallest absolute Gasteiger partial charge is 0.258 e. The van der Waals surface area contributed by atoms with E-state index in [9.17, 15) is 32.1 Å². The molecule has 4 nitrogen and oxygen atoms in total. The van der Waals surface area contributed by atoms with Gasteiger partial charge in [-0.1, -0.05) is 18.2 Å². The van der Waals surface area contributed by atoms with E-state index in [2.05, 4.69) is 4.85 Å². The summed E-state index contributed by atoms with van der Waals surface area (Å²) in [6, 6.07) is 3.05. The Morgan fingerprint density at radius 3 is 2.26 bits per heavy atom. The molecule has 0 unspecified atom stereocenters. The molecular weight excluding hydrogens is 323 g/mol. The van der Waals surface area contributed by atoms with Crippen molar-refractivity contribution in [1.29, 1.82) is 0 Å². The van der Waals surface area contributed by atoms with Crippen LogP contribution in [0.3, 0.4) is 0 Å². The fraction of sp³-hybridized carbons (Fsp3) is 0.0714. The Kier molecular flexibility index (Phi) is 4.01. The minimum atomic E-state index is -4.86. The van der Waals surface area contributed by atoms with Crippen LogP contribution < -0.4 is 0 Å². The molecule has 0 radical (unpaired) electrons. The van der Waals surface area contributed by atoms with Gasteiger partial charge in [-0.2, -0.15) is 17.6 Å². The number of nitrogens with zero attached hydrogens (tertiary/aromatic N) is 2. The molecule has 0 N–H and O–H groups in total. The van der Waals surface area contributed by atoms with Gasteiger partial charge in [0.1, 0.15) is 5.82 Å². The van der Waals surface area contributed by atoms with Crippen molar-refractivity contribution in [3.05, 3.63) is 69.1 Å². The van der Waals surface area contributed by atoms with Crippen LogP contribution >= 0.6 is 0 Å². The molecule has 9 heteroatoms. The first-order valence-corrected chi connectivity index (χ1v) is 5.87. The van der Waals surface area contributed by atoms with Crippen LogP contribution in [0.1, 0.15) is 5.56 Å². The maximum Gasteiger partial charge on any atom is 0.407 e. The van der Waals surface area contributed by atoms with E-state index in [0.717, 1.165) is 12.1 Å². The van der Waals surface area contributed by atoms with E-state index >= 15 is 0 Å². The van der Waals surface area contributed by atoms with E-state index in [1.807, 2.05) is 0 Å². The number of benzene rings is 2. The van der Waals surface area contributed by atoms with Gasteiger partial charge in [-0.3, -0.25) is 10.1 Å². The molecule has 0 aliphatic carbocycles. The van der Waals surface area contributed by atoms with Gasteiger partial charge in [0.2, 0.25) is 5.82 Å². The molecule has 23 heavy (non-hydrogen) atoms. The van der Waals surface area contributed by atoms with Gasteiger partial charge < -0.3 is 0 Å². The largest absolute Gasteiger partial charge is 0.407 e. The molecule has 0 fully saturated rings. The van der Waals surface area contributed by atoms with E-state index in [1.165, 1.54) is 0 Å². The Morgan fingerprint density at radius 2 is 1.74 bits per heavy atom. The number of nitro benzene ring substituents is 1. The van der Waals surface area contributed by atoms with Crippen molar-refractivity contribution in [3.63, 3.8) is 0 Å². The number of halogens is 5. The maximum atomic E-state index is 13.8. The quantitative estimate of drug-likeness (QED) is 0.333. The van der Waals surface area contributed by atoms with Crippen molar-refractivity contribution in [1.82, 2.24) is 0 Å². The van der Waals surface area contributed by atoms with Gasteiger partial charge in [-0.25, -0.2) is 9.24 Å². The minimum absolute atomic E-state index is 0.226. The third-order valence-corrected chi connectivity index (χ3v) is 2.97. The summed E-state index contributed by atoms with van der Waals surface area (Å²) in [5, 5.41) is 10.7. The van der Waals surface area contributed by atoms with Gasteiger partial charge in [-0.15, -0.1) is 0 Å². The first-order chi connectivity index (χ1) is 10.6. The summed E-state index contributed by atoms with van der Waals surface area (Å²) < 4.78 is 65.8. The zero-order valence-electron chi connectivity index (χ0n) is 11.0. The highest BCUT2D eigenvalue weighted by Gasteiger charge is 2.34. The first kappa shape index (κ1) is 16.4. The number of hydrogen-bond acceptors (Lipinski definition) is 2. The second-order valence-electron chi connectivity index (χ2n) is 4.38. The Morgan fingerprint density at radius 1 is 1.09 bits per heavy atom. The van der Waals surface area contributed by atoms with Crippen molar-refractivity contribution < 1.29 is 26.9 Å². The van der Waals surface area contributed by atoms with Crippen LogP contribution in [0.4, 0.5) is 33.3 Å². The number of nitro groups is 1. The molecular formula is C14H5F5N2O2. The molecule has 0 saturated heterocycles. The summed E-state index contributed by atoms with van der Waals surface area (Å²) in [5.41, 5.74) is -4.00. The molecule has 0 aromatic heterocycles. The fourth-order valence-corrected chi connectivity index (χ4v) is 1.93. The third-order valence-electron chi connectivity index (χ3n) is 2.97. The van der Waals surface area contributed by atoms with Crippen LogP contribution in [-0.4, -0.2) is 4.92 Å². The normalized spacial score (nSPS) is 11.1.